The van der Waals surface area contributed by atoms with E-state index >= 15 is 0 Å². The van der Waals surface area contributed by atoms with Gasteiger partial charge in [0.25, 0.3) is 5.91 Å². The molecule has 8 nitrogen and oxygen atoms in total. The van der Waals surface area contributed by atoms with Crippen molar-refractivity contribution in [3.63, 3.8) is 0 Å². The van der Waals surface area contributed by atoms with E-state index in [0.29, 0.717) is 29.0 Å². The predicted molar refractivity (Wildman–Crippen MR) is 119 cm³/mol. The van der Waals surface area contributed by atoms with Crippen LogP contribution in [0.25, 0.3) is 16.8 Å². The molecule has 0 aliphatic rings. The van der Waals surface area contributed by atoms with Gasteiger partial charge in [0.1, 0.15) is 5.69 Å². The fourth-order valence-electron chi connectivity index (χ4n) is 3.21. The number of anilines is 1. The lowest BCUT2D eigenvalue weighted by Gasteiger charge is -2.11. The predicted octanol–water partition coefficient (Wildman–Crippen LogP) is 3.42. The lowest BCUT2D eigenvalue weighted by atomic mass is 10.1. The summed E-state index contributed by atoms with van der Waals surface area (Å²) in [6, 6.07) is 16.4. The van der Waals surface area contributed by atoms with E-state index in [-0.39, 0.29) is 11.9 Å². The van der Waals surface area contributed by atoms with Crippen molar-refractivity contribution >= 4 is 23.1 Å². The third kappa shape index (κ3) is 4.37. The van der Waals surface area contributed by atoms with Crippen molar-refractivity contribution in [3.05, 3.63) is 84.3 Å². The van der Waals surface area contributed by atoms with Crippen molar-refractivity contribution in [3.8, 4) is 11.3 Å². The van der Waals surface area contributed by atoms with Gasteiger partial charge in [-0.2, -0.15) is 5.10 Å². The summed E-state index contributed by atoms with van der Waals surface area (Å²) >= 11 is 0. The van der Waals surface area contributed by atoms with Crippen LogP contribution < -0.4 is 10.6 Å². The highest BCUT2D eigenvalue weighted by atomic mass is 16.2. The lowest BCUT2D eigenvalue weighted by Crippen LogP contribution is -2.28. The molecule has 0 unspecified atom stereocenters. The normalized spacial score (nSPS) is 10.6. The van der Waals surface area contributed by atoms with Crippen LogP contribution in [0, 0.1) is 0 Å². The molecule has 0 aliphatic carbocycles. The highest BCUT2D eigenvalue weighted by molar-refractivity contribution is 6.06. The Morgan fingerprint density at radius 3 is 2.45 bits per heavy atom. The summed E-state index contributed by atoms with van der Waals surface area (Å²) in [6.07, 6.45) is 5.05. The standard InChI is InChI=1S/C23H22N6O2/c1-28(2)22(30)20-19-9-8-18(26-23(31)25-14-16-10-12-24-13-11-16)15-29(19)27-21(20)17-6-4-3-5-7-17/h3-13,15H,14H2,1-2H3,(H2,25,26,31). The number of benzene rings is 1. The number of nitrogens with one attached hydrogen (secondary N) is 2. The number of fused-ring (bicyclic) bond motifs is 1. The first-order valence-corrected chi connectivity index (χ1v) is 9.76. The molecule has 1 aromatic carbocycles. The number of carbonyl (C=O) groups is 2. The molecule has 156 valence electrons. The SMILES string of the molecule is CN(C)C(=O)c1c(-c2ccccc2)nn2cc(NC(=O)NCc3ccncc3)ccc12. The monoisotopic (exact) mass is 414 g/mol. The molecule has 3 aromatic heterocycles. The Morgan fingerprint density at radius 2 is 1.74 bits per heavy atom. The van der Waals surface area contributed by atoms with E-state index in [1.54, 1.807) is 49.3 Å². The van der Waals surface area contributed by atoms with Crippen LogP contribution in [0.5, 0.6) is 0 Å². The average Bonchev–Trinajstić information content (AvgIpc) is 3.17. The van der Waals surface area contributed by atoms with E-state index in [4.69, 9.17) is 0 Å². The fraction of sp³-hybridized carbons (Fsp3) is 0.130. The van der Waals surface area contributed by atoms with E-state index in [1.165, 1.54) is 4.90 Å². The number of urea groups is 1. The number of pyridine rings is 2. The van der Waals surface area contributed by atoms with Crippen LogP contribution in [0.2, 0.25) is 0 Å². The van der Waals surface area contributed by atoms with Crippen molar-refractivity contribution in [2.24, 2.45) is 0 Å². The second-order valence-electron chi connectivity index (χ2n) is 7.20. The Morgan fingerprint density at radius 1 is 1.00 bits per heavy atom. The van der Waals surface area contributed by atoms with E-state index in [0.717, 1.165) is 11.1 Å². The van der Waals surface area contributed by atoms with Gasteiger partial charge >= 0.3 is 6.03 Å². The maximum Gasteiger partial charge on any atom is 0.319 e. The molecular formula is C23H22N6O2. The van der Waals surface area contributed by atoms with Gasteiger partial charge in [-0.05, 0) is 29.8 Å². The summed E-state index contributed by atoms with van der Waals surface area (Å²) in [6.45, 7) is 0.387. The molecule has 31 heavy (non-hydrogen) atoms. The van der Waals surface area contributed by atoms with Gasteiger partial charge in [-0.15, -0.1) is 0 Å². The molecule has 0 saturated heterocycles. The first kappa shape index (κ1) is 20.1. The van der Waals surface area contributed by atoms with Crippen molar-refractivity contribution in [1.82, 2.24) is 24.8 Å². The lowest BCUT2D eigenvalue weighted by molar-refractivity contribution is 0.0830. The molecule has 3 heterocycles. The minimum Gasteiger partial charge on any atom is -0.345 e. The fourth-order valence-corrected chi connectivity index (χ4v) is 3.21. The van der Waals surface area contributed by atoms with Crippen LogP contribution in [0.4, 0.5) is 10.5 Å². The van der Waals surface area contributed by atoms with Gasteiger partial charge in [0.05, 0.1) is 23.0 Å². The molecule has 8 heteroatoms. The Hall–Kier alpha value is -4.20. The number of hydrogen-bond acceptors (Lipinski definition) is 4. The minimum atomic E-state index is -0.337. The number of hydrogen-bond donors (Lipinski definition) is 2. The summed E-state index contributed by atoms with van der Waals surface area (Å²) in [5.74, 6) is -0.135. The molecule has 0 bridgehead atoms. The molecule has 0 fully saturated rings. The molecule has 0 saturated carbocycles. The Labute approximate surface area is 179 Å². The second-order valence-corrected chi connectivity index (χ2v) is 7.20. The van der Waals surface area contributed by atoms with Crippen LogP contribution in [-0.4, -0.2) is 45.5 Å². The molecule has 2 N–H and O–H groups in total. The molecule has 4 aromatic rings. The van der Waals surface area contributed by atoms with Gasteiger partial charge in [0.2, 0.25) is 0 Å². The molecule has 0 radical (unpaired) electrons. The topological polar surface area (TPSA) is 91.6 Å². The van der Waals surface area contributed by atoms with Gasteiger partial charge in [0, 0.05) is 38.6 Å². The number of rotatable bonds is 5. The second kappa shape index (κ2) is 8.66. The van der Waals surface area contributed by atoms with E-state index in [1.807, 2.05) is 42.5 Å². The van der Waals surface area contributed by atoms with Gasteiger partial charge < -0.3 is 15.5 Å². The molecule has 0 spiro atoms. The Bertz CT molecular complexity index is 1220. The first-order valence-electron chi connectivity index (χ1n) is 9.76. The van der Waals surface area contributed by atoms with Crippen molar-refractivity contribution < 1.29 is 9.59 Å². The Kier molecular flexibility index (Phi) is 5.61. The summed E-state index contributed by atoms with van der Waals surface area (Å²) in [5, 5.41) is 10.2. The highest BCUT2D eigenvalue weighted by Gasteiger charge is 2.22. The smallest absolute Gasteiger partial charge is 0.319 e. The zero-order valence-electron chi connectivity index (χ0n) is 17.2. The summed E-state index contributed by atoms with van der Waals surface area (Å²) in [5.41, 5.74) is 4.14. The van der Waals surface area contributed by atoms with Crippen LogP contribution >= 0.6 is 0 Å². The number of carbonyl (C=O) groups excluding carboxylic acids is 2. The van der Waals surface area contributed by atoms with Crippen LogP contribution in [0.15, 0.2) is 73.2 Å². The molecule has 3 amide bonds. The first-order chi connectivity index (χ1) is 15.0. The van der Waals surface area contributed by atoms with Gasteiger partial charge in [0.15, 0.2) is 0 Å². The minimum absolute atomic E-state index is 0.135. The molecule has 0 aliphatic heterocycles. The summed E-state index contributed by atoms with van der Waals surface area (Å²) in [7, 11) is 3.42. The third-order valence-electron chi connectivity index (χ3n) is 4.76. The zero-order chi connectivity index (χ0) is 21.8. The number of nitrogens with zero attached hydrogens (tertiary/aromatic N) is 4. The van der Waals surface area contributed by atoms with Gasteiger partial charge in [-0.3, -0.25) is 9.78 Å². The van der Waals surface area contributed by atoms with Crippen molar-refractivity contribution in [2.45, 2.75) is 6.54 Å². The van der Waals surface area contributed by atoms with Crippen LogP contribution in [-0.2, 0) is 6.54 Å². The van der Waals surface area contributed by atoms with Crippen LogP contribution in [0.3, 0.4) is 0 Å². The van der Waals surface area contributed by atoms with E-state index in [2.05, 4.69) is 20.7 Å². The quantitative estimate of drug-likeness (QED) is 0.523. The maximum absolute atomic E-state index is 12.9. The highest BCUT2D eigenvalue weighted by Crippen LogP contribution is 2.28. The van der Waals surface area contributed by atoms with Crippen molar-refractivity contribution in [2.75, 3.05) is 19.4 Å². The number of aromatic nitrogens is 3. The zero-order valence-corrected chi connectivity index (χ0v) is 17.2. The maximum atomic E-state index is 12.9. The molecule has 0 atom stereocenters. The molecular weight excluding hydrogens is 392 g/mol. The average molecular weight is 414 g/mol. The van der Waals surface area contributed by atoms with Gasteiger partial charge in [-0.25, -0.2) is 9.31 Å². The summed E-state index contributed by atoms with van der Waals surface area (Å²) < 4.78 is 1.62. The van der Waals surface area contributed by atoms with Crippen molar-refractivity contribution in [1.29, 1.82) is 0 Å². The number of amides is 3. The molecule has 4 rings (SSSR count). The van der Waals surface area contributed by atoms with E-state index < -0.39 is 0 Å². The van der Waals surface area contributed by atoms with Crippen LogP contribution in [0.1, 0.15) is 15.9 Å². The Balaban J connectivity index is 1.61. The summed E-state index contributed by atoms with van der Waals surface area (Å²) in [4.78, 5) is 30.7. The van der Waals surface area contributed by atoms with E-state index in [9.17, 15) is 9.59 Å². The van der Waals surface area contributed by atoms with Gasteiger partial charge in [-0.1, -0.05) is 30.3 Å². The third-order valence-corrected chi connectivity index (χ3v) is 4.76. The largest absolute Gasteiger partial charge is 0.345 e.